The molecule has 0 spiro atoms. The third kappa shape index (κ3) is 4.27. The van der Waals surface area contributed by atoms with Gasteiger partial charge in [-0.2, -0.15) is 0 Å². The highest BCUT2D eigenvalue weighted by Gasteiger charge is 2.29. The van der Waals surface area contributed by atoms with Gasteiger partial charge < -0.3 is 10.0 Å². The quantitative estimate of drug-likeness (QED) is 0.820. The molecule has 0 aromatic rings. The maximum absolute atomic E-state index is 12.4. The van der Waals surface area contributed by atoms with Crippen molar-refractivity contribution >= 4 is 5.91 Å². The van der Waals surface area contributed by atoms with E-state index in [1.807, 2.05) is 4.90 Å². The highest BCUT2D eigenvalue weighted by molar-refractivity contribution is 5.76. The van der Waals surface area contributed by atoms with Gasteiger partial charge >= 0.3 is 0 Å². The molecule has 1 N–H and O–H groups in total. The Kier molecular flexibility index (Phi) is 5.64. The fourth-order valence-electron chi connectivity index (χ4n) is 2.52. The van der Waals surface area contributed by atoms with Crippen LogP contribution in [0.2, 0.25) is 0 Å². The average Bonchev–Trinajstić information content (AvgIpc) is 2.77. The predicted molar refractivity (Wildman–Crippen MR) is 74.3 cm³/mol. The number of amides is 1. The highest BCUT2D eigenvalue weighted by atomic mass is 16.3. The molecule has 106 valence electrons. The molecule has 3 heteroatoms. The smallest absolute Gasteiger partial charge is 0.223 e. The second kappa shape index (κ2) is 6.55. The van der Waals surface area contributed by atoms with Gasteiger partial charge in [0.1, 0.15) is 0 Å². The first-order chi connectivity index (χ1) is 8.36. The number of carbonyl (C=O) groups excluding carboxylic acids is 1. The Morgan fingerprint density at radius 1 is 1.33 bits per heavy atom. The zero-order valence-corrected chi connectivity index (χ0v) is 12.4. The summed E-state index contributed by atoms with van der Waals surface area (Å²) in [5, 5.41) is 9.15. The van der Waals surface area contributed by atoms with Gasteiger partial charge in [0, 0.05) is 19.0 Å². The molecule has 18 heavy (non-hydrogen) atoms. The lowest BCUT2D eigenvalue weighted by Gasteiger charge is -2.32. The molecule has 1 amide bonds. The second-order valence-corrected chi connectivity index (χ2v) is 6.72. The zero-order valence-electron chi connectivity index (χ0n) is 12.4. The fourth-order valence-corrected chi connectivity index (χ4v) is 2.52. The molecule has 1 saturated carbocycles. The minimum absolute atomic E-state index is 0.0755. The van der Waals surface area contributed by atoms with Gasteiger partial charge in [0.25, 0.3) is 0 Å². The normalized spacial score (nSPS) is 18.9. The van der Waals surface area contributed by atoms with E-state index in [4.69, 9.17) is 5.11 Å². The van der Waals surface area contributed by atoms with Crippen LogP contribution in [0.3, 0.4) is 0 Å². The summed E-state index contributed by atoms with van der Waals surface area (Å²) in [4.78, 5) is 14.3. The number of rotatable bonds is 5. The van der Waals surface area contributed by atoms with Crippen LogP contribution in [0.1, 0.15) is 59.8 Å². The van der Waals surface area contributed by atoms with E-state index < -0.39 is 0 Å². The fraction of sp³-hybridized carbons (Fsp3) is 0.933. The molecule has 0 radical (unpaired) electrons. The van der Waals surface area contributed by atoms with E-state index in [-0.39, 0.29) is 17.9 Å². The molecule has 1 fully saturated rings. The first kappa shape index (κ1) is 15.5. The summed E-state index contributed by atoms with van der Waals surface area (Å²) in [6.07, 6.45) is 5.24. The monoisotopic (exact) mass is 255 g/mol. The molecule has 1 unspecified atom stereocenters. The number of carbonyl (C=O) groups is 1. The van der Waals surface area contributed by atoms with Crippen LogP contribution < -0.4 is 0 Å². The Morgan fingerprint density at radius 3 is 2.33 bits per heavy atom. The maximum atomic E-state index is 12.4. The molecule has 3 nitrogen and oxygen atoms in total. The summed E-state index contributed by atoms with van der Waals surface area (Å²) in [6.45, 7) is 9.25. The van der Waals surface area contributed by atoms with Crippen LogP contribution in [0.5, 0.6) is 0 Å². The lowest BCUT2D eigenvalue weighted by atomic mass is 9.80. The van der Waals surface area contributed by atoms with E-state index >= 15 is 0 Å². The van der Waals surface area contributed by atoms with E-state index in [0.29, 0.717) is 24.9 Å². The molecule has 0 aliphatic heterocycles. The summed E-state index contributed by atoms with van der Waals surface area (Å²) in [7, 11) is 0. The largest absolute Gasteiger partial charge is 0.395 e. The molecule has 0 bridgehead atoms. The summed E-state index contributed by atoms with van der Waals surface area (Å²) >= 11 is 0. The van der Waals surface area contributed by atoms with Crippen LogP contribution in [0.25, 0.3) is 0 Å². The van der Waals surface area contributed by atoms with Crippen molar-refractivity contribution in [1.29, 1.82) is 0 Å². The van der Waals surface area contributed by atoms with E-state index in [1.165, 1.54) is 12.8 Å². The van der Waals surface area contributed by atoms with E-state index in [2.05, 4.69) is 27.7 Å². The molecule has 1 aliphatic carbocycles. The van der Waals surface area contributed by atoms with E-state index in [0.717, 1.165) is 12.8 Å². The van der Waals surface area contributed by atoms with Gasteiger partial charge in [-0.3, -0.25) is 4.79 Å². The van der Waals surface area contributed by atoms with E-state index in [1.54, 1.807) is 0 Å². The van der Waals surface area contributed by atoms with Crippen LogP contribution in [-0.2, 0) is 4.79 Å². The van der Waals surface area contributed by atoms with Crippen molar-refractivity contribution in [2.45, 2.75) is 65.8 Å². The molecule has 0 heterocycles. The molecule has 0 aromatic carbocycles. The predicted octanol–water partition coefficient (Wildman–Crippen LogP) is 2.82. The van der Waals surface area contributed by atoms with Crippen LogP contribution in [0, 0.1) is 11.3 Å². The number of nitrogens with zero attached hydrogens (tertiary/aromatic N) is 1. The Bertz CT molecular complexity index is 264. The van der Waals surface area contributed by atoms with Gasteiger partial charge in [-0.25, -0.2) is 0 Å². The van der Waals surface area contributed by atoms with Gasteiger partial charge in [0.05, 0.1) is 6.61 Å². The maximum Gasteiger partial charge on any atom is 0.223 e. The van der Waals surface area contributed by atoms with Crippen molar-refractivity contribution in [2.24, 2.45) is 11.3 Å². The van der Waals surface area contributed by atoms with Crippen molar-refractivity contribution in [1.82, 2.24) is 4.90 Å². The van der Waals surface area contributed by atoms with Gasteiger partial charge in [-0.15, -0.1) is 0 Å². The van der Waals surface area contributed by atoms with Crippen molar-refractivity contribution in [3.05, 3.63) is 0 Å². The molecule has 0 saturated heterocycles. The van der Waals surface area contributed by atoms with Crippen molar-refractivity contribution < 1.29 is 9.90 Å². The van der Waals surface area contributed by atoms with Gasteiger partial charge in [0.15, 0.2) is 0 Å². The highest BCUT2D eigenvalue weighted by Crippen LogP contribution is 2.30. The summed E-state index contributed by atoms with van der Waals surface area (Å²) in [5.41, 5.74) is 0.163. The van der Waals surface area contributed by atoms with Gasteiger partial charge in [-0.05, 0) is 24.2 Å². The Labute approximate surface area is 112 Å². The van der Waals surface area contributed by atoms with Gasteiger partial charge in [-0.1, -0.05) is 40.5 Å². The summed E-state index contributed by atoms with van der Waals surface area (Å²) in [5.74, 6) is 0.589. The lowest BCUT2D eigenvalue weighted by Crippen LogP contribution is -2.42. The minimum atomic E-state index is 0.0755. The van der Waals surface area contributed by atoms with Crippen molar-refractivity contribution in [2.75, 3.05) is 13.2 Å². The molecule has 1 rings (SSSR count). The van der Waals surface area contributed by atoms with Crippen LogP contribution in [-0.4, -0.2) is 35.1 Å². The van der Waals surface area contributed by atoms with Crippen LogP contribution in [0.15, 0.2) is 0 Å². The number of aliphatic hydroxyl groups excluding tert-OH is 1. The minimum Gasteiger partial charge on any atom is -0.395 e. The summed E-state index contributed by atoms with van der Waals surface area (Å²) < 4.78 is 0. The third-order valence-corrected chi connectivity index (χ3v) is 4.39. The van der Waals surface area contributed by atoms with Crippen LogP contribution >= 0.6 is 0 Å². The zero-order chi connectivity index (χ0) is 13.8. The SMILES string of the molecule is CC(CC(=O)N(CCO)C1CCCC1)C(C)(C)C. The number of aliphatic hydroxyl groups is 1. The molecular formula is C15H29NO2. The topological polar surface area (TPSA) is 40.5 Å². The van der Waals surface area contributed by atoms with E-state index in [9.17, 15) is 4.79 Å². The lowest BCUT2D eigenvalue weighted by molar-refractivity contribution is -0.135. The van der Waals surface area contributed by atoms with Crippen LogP contribution in [0.4, 0.5) is 0 Å². The first-order valence-electron chi connectivity index (χ1n) is 7.26. The standard InChI is InChI=1S/C15H29NO2/c1-12(15(2,3)4)11-14(18)16(9-10-17)13-7-5-6-8-13/h12-13,17H,5-11H2,1-4H3. The average molecular weight is 255 g/mol. The third-order valence-electron chi connectivity index (χ3n) is 4.39. The Hall–Kier alpha value is -0.570. The van der Waals surface area contributed by atoms with Crippen molar-refractivity contribution in [3.63, 3.8) is 0 Å². The van der Waals surface area contributed by atoms with Gasteiger partial charge in [0.2, 0.25) is 5.91 Å². The summed E-state index contributed by atoms with van der Waals surface area (Å²) in [6, 6.07) is 0.372. The Morgan fingerprint density at radius 2 is 1.89 bits per heavy atom. The van der Waals surface area contributed by atoms with Crippen molar-refractivity contribution in [3.8, 4) is 0 Å². The Balaban J connectivity index is 2.59. The molecule has 1 aliphatic rings. The number of hydrogen-bond donors (Lipinski definition) is 1. The molecular weight excluding hydrogens is 226 g/mol. The molecule has 1 atom stereocenters. The second-order valence-electron chi connectivity index (χ2n) is 6.72. The molecule has 0 aromatic heterocycles. The number of hydrogen-bond acceptors (Lipinski definition) is 2. The first-order valence-corrected chi connectivity index (χ1v) is 7.26.